The minimum Gasteiger partial charge on any atom is -0.310 e. The van der Waals surface area contributed by atoms with E-state index in [0.717, 1.165) is 23.1 Å². The number of rotatable bonds is 6. The molecule has 1 rings (SSSR count). The molecule has 1 aromatic rings. The summed E-state index contributed by atoms with van der Waals surface area (Å²) in [6.45, 7) is 6.44. The predicted octanol–water partition coefficient (Wildman–Crippen LogP) is 5.34. The van der Waals surface area contributed by atoms with Crippen molar-refractivity contribution < 1.29 is 13.2 Å². The van der Waals surface area contributed by atoms with E-state index in [1.807, 2.05) is 32.9 Å². The first-order valence-electron chi connectivity index (χ1n) is 6.81. The standard InChI is InChI=1S/C15H21ClF3N/c1-4-7-20-14(5-6-15(17,18)19)12-8-11(3)13(16)9-10(12)2/h8-9,14,20H,4-7H2,1-3H3. The van der Waals surface area contributed by atoms with Crippen molar-refractivity contribution in [2.24, 2.45) is 0 Å². The number of benzene rings is 1. The van der Waals surface area contributed by atoms with Gasteiger partial charge < -0.3 is 5.32 Å². The Kier molecular flexibility index (Phi) is 6.34. The van der Waals surface area contributed by atoms with Gasteiger partial charge in [0.15, 0.2) is 0 Å². The number of alkyl halides is 3. The second kappa shape index (κ2) is 7.32. The van der Waals surface area contributed by atoms with Crippen LogP contribution in [0.5, 0.6) is 0 Å². The zero-order valence-electron chi connectivity index (χ0n) is 12.1. The van der Waals surface area contributed by atoms with Gasteiger partial charge in [0.05, 0.1) is 0 Å². The van der Waals surface area contributed by atoms with Crippen LogP contribution in [-0.4, -0.2) is 12.7 Å². The van der Waals surface area contributed by atoms with Crippen LogP contribution in [0.1, 0.15) is 48.9 Å². The number of hydrogen-bond acceptors (Lipinski definition) is 1. The van der Waals surface area contributed by atoms with E-state index in [4.69, 9.17) is 11.6 Å². The topological polar surface area (TPSA) is 12.0 Å². The van der Waals surface area contributed by atoms with Gasteiger partial charge in [0.1, 0.15) is 0 Å². The van der Waals surface area contributed by atoms with Gasteiger partial charge in [0.25, 0.3) is 0 Å². The lowest BCUT2D eigenvalue weighted by Gasteiger charge is -2.22. The molecule has 0 radical (unpaired) electrons. The molecule has 0 amide bonds. The van der Waals surface area contributed by atoms with Gasteiger partial charge in [-0.1, -0.05) is 24.6 Å². The van der Waals surface area contributed by atoms with Crippen molar-refractivity contribution in [3.63, 3.8) is 0 Å². The van der Waals surface area contributed by atoms with E-state index in [2.05, 4.69) is 5.32 Å². The molecule has 0 aliphatic rings. The van der Waals surface area contributed by atoms with Crippen molar-refractivity contribution in [2.75, 3.05) is 6.54 Å². The lowest BCUT2D eigenvalue weighted by atomic mass is 9.95. The monoisotopic (exact) mass is 307 g/mol. The number of halogens is 4. The zero-order chi connectivity index (χ0) is 15.3. The molecule has 1 nitrogen and oxygen atoms in total. The molecule has 0 bridgehead atoms. The molecule has 20 heavy (non-hydrogen) atoms. The molecule has 1 N–H and O–H groups in total. The summed E-state index contributed by atoms with van der Waals surface area (Å²) in [6, 6.07) is 3.43. The molecule has 114 valence electrons. The summed E-state index contributed by atoms with van der Waals surface area (Å²) in [5.41, 5.74) is 2.73. The van der Waals surface area contributed by atoms with Crippen molar-refractivity contribution in [3.05, 3.63) is 33.8 Å². The molecule has 0 saturated carbocycles. The van der Waals surface area contributed by atoms with E-state index < -0.39 is 12.6 Å². The summed E-state index contributed by atoms with van der Waals surface area (Å²) in [5, 5.41) is 3.85. The number of nitrogens with one attached hydrogen (secondary N) is 1. The van der Waals surface area contributed by atoms with Crippen LogP contribution in [0.25, 0.3) is 0 Å². The summed E-state index contributed by atoms with van der Waals surface area (Å²) in [7, 11) is 0. The fraction of sp³-hybridized carbons (Fsp3) is 0.600. The maximum Gasteiger partial charge on any atom is 0.389 e. The van der Waals surface area contributed by atoms with Gasteiger partial charge in [0, 0.05) is 17.5 Å². The van der Waals surface area contributed by atoms with Gasteiger partial charge in [0.2, 0.25) is 0 Å². The van der Waals surface area contributed by atoms with E-state index in [-0.39, 0.29) is 12.5 Å². The summed E-state index contributed by atoms with van der Waals surface area (Å²) < 4.78 is 37.3. The minimum absolute atomic E-state index is 0.0470. The van der Waals surface area contributed by atoms with Crippen LogP contribution >= 0.6 is 11.6 Å². The Morgan fingerprint density at radius 2 is 1.85 bits per heavy atom. The second-order valence-corrected chi connectivity index (χ2v) is 5.53. The largest absolute Gasteiger partial charge is 0.389 e. The molecule has 1 unspecified atom stereocenters. The van der Waals surface area contributed by atoms with Gasteiger partial charge >= 0.3 is 6.18 Å². The van der Waals surface area contributed by atoms with Crippen LogP contribution in [0.4, 0.5) is 13.2 Å². The molecule has 1 atom stereocenters. The first-order valence-corrected chi connectivity index (χ1v) is 7.19. The van der Waals surface area contributed by atoms with Crippen LogP contribution in [0.2, 0.25) is 5.02 Å². The third-order valence-electron chi connectivity index (χ3n) is 3.28. The predicted molar refractivity (Wildman–Crippen MR) is 77.2 cm³/mol. The second-order valence-electron chi connectivity index (χ2n) is 5.12. The highest BCUT2D eigenvalue weighted by molar-refractivity contribution is 6.31. The maximum atomic E-state index is 12.4. The SMILES string of the molecule is CCCNC(CCC(F)(F)F)c1cc(C)c(Cl)cc1C. The normalized spacial score (nSPS) is 13.6. The van der Waals surface area contributed by atoms with E-state index in [1.165, 1.54) is 0 Å². The Balaban J connectivity index is 2.95. The van der Waals surface area contributed by atoms with Gasteiger partial charge in [-0.05, 0) is 56.0 Å². The van der Waals surface area contributed by atoms with Crippen LogP contribution in [0, 0.1) is 13.8 Å². The molecule has 0 saturated heterocycles. The fourth-order valence-corrected chi connectivity index (χ4v) is 2.39. The van der Waals surface area contributed by atoms with E-state index in [9.17, 15) is 13.2 Å². The van der Waals surface area contributed by atoms with Crippen molar-refractivity contribution >= 4 is 11.6 Å². The van der Waals surface area contributed by atoms with E-state index in [1.54, 1.807) is 0 Å². The maximum absolute atomic E-state index is 12.4. The van der Waals surface area contributed by atoms with Crippen molar-refractivity contribution in [3.8, 4) is 0 Å². The lowest BCUT2D eigenvalue weighted by Crippen LogP contribution is -2.25. The van der Waals surface area contributed by atoms with Crippen molar-refractivity contribution in [1.29, 1.82) is 0 Å². The van der Waals surface area contributed by atoms with Gasteiger partial charge in [-0.2, -0.15) is 13.2 Å². The number of aryl methyl sites for hydroxylation is 2. The van der Waals surface area contributed by atoms with Crippen LogP contribution in [0.3, 0.4) is 0 Å². The molecule has 0 spiro atoms. The Hall–Kier alpha value is -0.740. The molecular formula is C15H21ClF3N. The molecule has 5 heteroatoms. The highest BCUT2D eigenvalue weighted by atomic mass is 35.5. The smallest absolute Gasteiger partial charge is 0.310 e. The summed E-state index contributed by atoms with van der Waals surface area (Å²) in [6.07, 6.45) is -3.98. The number of hydrogen-bond donors (Lipinski definition) is 1. The van der Waals surface area contributed by atoms with Crippen molar-refractivity contribution in [2.45, 2.75) is 52.3 Å². The Morgan fingerprint density at radius 1 is 1.20 bits per heavy atom. The van der Waals surface area contributed by atoms with E-state index in [0.29, 0.717) is 11.6 Å². The fourth-order valence-electron chi connectivity index (χ4n) is 2.17. The highest BCUT2D eigenvalue weighted by Gasteiger charge is 2.29. The Labute approximate surface area is 123 Å². The molecular weight excluding hydrogens is 287 g/mol. The third-order valence-corrected chi connectivity index (χ3v) is 3.69. The molecule has 0 aliphatic carbocycles. The third kappa shape index (κ3) is 5.33. The summed E-state index contributed by atoms with van der Waals surface area (Å²) >= 11 is 6.04. The van der Waals surface area contributed by atoms with Gasteiger partial charge in [-0.3, -0.25) is 0 Å². The first kappa shape index (κ1) is 17.3. The van der Waals surface area contributed by atoms with Gasteiger partial charge in [-0.15, -0.1) is 0 Å². The molecule has 0 aliphatic heterocycles. The average molecular weight is 308 g/mol. The average Bonchev–Trinajstić information content (AvgIpc) is 2.33. The molecule has 0 aromatic heterocycles. The minimum atomic E-state index is -4.12. The Morgan fingerprint density at radius 3 is 2.40 bits per heavy atom. The van der Waals surface area contributed by atoms with Crippen LogP contribution in [-0.2, 0) is 0 Å². The van der Waals surface area contributed by atoms with E-state index >= 15 is 0 Å². The van der Waals surface area contributed by atoms with Gasteiger partial charge in [-0.25, -0.2) is 0 Å². The summed E-state index contributed by atoms with van der Waals surface area (Å²) in [5.74, 6) is 0. The highest BCUT2D eigenvalue weighted by Crippen LogP contribution is 2.31. The molecule has 0 heterocycles. The quantitative estimate of drug-likeness (QED) is 0.748. The Bertz CT molecular complexity index is 443. The molecule has 0 fully saturated rings. The molecule has 1 aromatic carbocycles. The zero-order valence-corrected chi connectivity index (χ0v) is 12.8. The lowest BCUT2D eigenvalue weighted by molar-refractivity contribution is -0.136. The van der Waals surface area contributed by atoms with Crippen LogP contribution < -0.4 is 5.32 Å². The summed E-state index contributed by atoms with van der Waals surface area (Å²) in [4.78, 5) is 0. The first-order chi connectivity index (χ1) is 9.24. The van der Waals surface area contributed by atoms with Crippen molar-refractivity contribution in [1.82, 2.24) is 5.32 Å². The van der Waals surface area contributed by atoms with Crippen LogP contribution in [0.15, 0.2) is 12.1 Å².